The summed E-state index contributed by atoms with van der Waals surface area (Å²) in [5.74, 6) is -0.148. The molecule has 29 heavy (non-hydrogen) atoms. The highest BCUT2D eigenvalue weighted by molar-refractivity contribution is 7.08. The van der Waals surface area contributed by atoms with E-state index in [0.717, 1.165) is 39.2 Å². The van der Waals surface area contributed by atoms with Crippen LogP contribution in [-0.2, 0) is 9.59 Å². The van der Waals surface area contributed by atoms with Crippen LogP contribution in [0.1, 0.15) is 33.9 Å². The van der Waals surface area contributed by atoms with Gasteiger partial charge >= 0.3 is 0 Å². The Morgan fingerprint density at radius 2 is 1.72 bits per heavy atom. The Hall–Kier alpha value is -2.92. The van der Waals surface area contributed by atoms with Crippen molar-refractivity contribution < 1.29 is 9.59 Å². The van der Waals surface area contributed by atoms with Crippen LogP contribution in [0.25, 0.3) is 0 Å². The van der Waals surface area contributed by atoms with Crippen LogP contribution < -0.4 is 9.80 Å². The van der Waals surface area contributed by atoms with Crippen molar-refractivity contribution in [3.8, 4) is 0 Å². The lowest BCUT2D eigenvalue weighted by Gasteiger charge is -2.41. The van der Waals surface area contributed by atoms with E-state index in [1.165, 1.54) is 11.3 Å². The molecule has 0 radical (unpaired) electrons. The molecule has 2 amide bonds. The van der Waals surface area contributed by atoms with Gasteiger partial charge in [-0.05, 0) is 78.9 Å². The summed E-state index contributed by atoms with van der Waals surface area (Å²) in [5, 5.41) is 3.91. The molecule has 0 spiro atoms. The van der Waals surface area contributed by atoms with E-state index in [0.29, 0.717) is 0 Å². The van der Waals surface area contributed by atoms with Crippen LogP contribution >= 0.6 is 11.3 Å². The summed E-state index contributed by atoms with van der Waals surface area (Å²) in [7, 11) is 0. The third-order valence-corrected chi connectivity index (χ3v) is 6.36. The minimum Gasteiger partial charge on any atom is -0.301 e. The van der Waals surface area contributed by atoms with Crippen molar-refractivity contribution in [3.63, 3.8) is 0 Å². The fourth-order valence-electron chi connectivity index (χ4n) is 3.99. The maximum Gasteiger partial charge on any atom is 0.255 e. The van der Waals surface area contributed by atoms with Crippen molar-refractivity contribution in [2.45, 2.75) is 33.7 Å². The fourth-order valence-corrected chi connectivity index (χ4v) is 4.67. The van der Waals surface area contributed by atoms with E-state index < -0.39 is 6.04 Å². The molecule has 1 atom stereocenters. The van der Waals surface area contributed by atoms with Crippen LogP contribution in [0.15, 0.2) is 53.2 Å². The minimum atomic E-state index is -0.663. The molecule has 1 aliphatic heterocycles. The van der Waals surface area contributed by atoms with E-state index in [2.05, 4.69) is 6.07 Å². The van der Waals surface area contributed by atoms with Crippen molar-refractivity contribution in [1.82, 2.24) is 0 Å². The normalized spacial score (nSPS) is 17.2. The molecule has 2 heterocycles. The molecule has 2 aromatic carbocycles. The van der Waals surface area contributed by atoms with Gasteiger partial charge in [0.15, 0.2) is 0 Å². The highest BCUT2D eigenvalue weighted by Crippen LogP contribution is 2.37. The molecule has 0 bridgehead atoms. The number of amides is 2. The monoisotopic (exact) mass is 404 g/mol. The van der Waals surface area contributed by atoms with Crippen molar-refractivity contribution in [3.05, 3.63) is 81.0 Å². The molecule has 1 aliphatic rings. The van der Waals surface area contributed by atoms with Gasteiger partial charge < -0.3 is 4.90 Å². The van der Waals surface area contributed by atoms with Crippen molar-refractivity contribution in [1.29, 1.82) is 0 Å². The van der Waals surface area contributed by atoms with Gasteiger partial charge in [0.05, 0.1) is 0 Å². The average Bonchev–Trinajstić information content (AvgIpc) is 3.20. The fraction of sp³-hybridized carbons (Fsp3) is 0.250. The Bertz CT molecular complexity index is 1090. The molecule has 1 fully saturated rings. The number of hydrogen-bond donors (Lipinski definition) is 0. The van der Waals surface area contributed by atoms with Gasteiger partial charge in [0.25, 0.3) is 5.91 Å². The number of piperazine rings is 1. The third kappa shape index (κ3) is 3.36. The summed E-state index contributed by atoms with van der Waals surface area (Å²) < 4.78 is 0. The molecule has 1 aromatic heterocycles. The van der Waals surface area contributed by atoms with Gasteiger partial charge in [-0.25, -0.2) is 0 Å². The van der Waals surface area contributed by atoms with E-state index in [4.69, 9.17) is 0 Å². The zero-order valence-electron chi connectivity index (χ0n) is 17.1. The second kappa shape index (κ2) is 7.48. The number of nitrogens with zero attached hydrogens (tertiary/aromatic N) is 2. The maximum absolute atomic E-state index is 13.7. The molecule has 5 heteroatoms. The molecule has 148 valence electrons. The SMILES string of the molecule is Cc1ccc(N2C(=O)CN(c3cccc(C)c3C)C(=O)C2c2ccsc2)c(C)c1. The zero-order chi connectivity index (χ0) is 20.7. The summed E-state index contributed by atoms with van der Waals surface area (Å²) in [6.07, 6.45) is 0. The molecule has 1 saturated heterocycles. The van der Waals surface area contributed by atoms with Gasteiger partial charge in [0, 0.05) is 11.4 Å². The second-order valence-corrected chi connectivity index (χ2v) is 8.44. The Kier molecular flexibility index (Phi) is 5.01. The summed E-state index contributed by atoms with van der Waals surface area (Å²) in [6, 6.07) is 13.1. The van der Waals surface area contributed by atoms with E-state index in [9.17, 15) is 9.59 Å². The first-order chi connectivity index (χ1) is 13.9. The summed E-state index contributed by atoms with van der Waals surface area (Å²) >= 11 is 1.53. The number of hydrogen-bond acceptors (Lipinski definition) is 3. The number of rotatable bonds is 3. The van der Waals surface area contributed by atoms with Gasteiger partial charge in [-0.15, -0.1) is 0 Å². The highest BCUT2D eigenvalue weighted by Gasteiger charge is 2.42. The van der Waals surface area contributed by atoms with Crippen LogP contribution in [0.2, 0.25) is 0 Å². The highest BCUT2D eigenvalue weighted by atomic mass is 32.1. The summed E-state index contributed by atoms with van der Waals surface area (Å²) in [5.41, 5.74) is 6.71. The number of carbonyl (C=O) groups excluding carboxylic acids is 2. The molecule has 4 rings (SSSR count). The molecular weight excluding hydrogens is 380 g/mol. The van der Waals surface area contributed by atoms with Crippen LogP contribution in [0, 0.1) is 27.7 Å². The Balaban J connectivity index is 1.84. The number of anilines is 2. The van der Waals surface area contributed by atoms with Gasteiger partial charge in [0.1, 0.15) is 12.6 Å². The Labute approximate surface area is 175 Å². The molecule has 0 aliphatic carbocycles. The van der Waals surface area contributed by atoms with Crippen molar-refractivity contribution in [2.75, 3.05) is 16.3 Å². The molecular formula is C24H24N2O2S. The van der Waals surface area contributed by atoms with Gasteiger partial charge in [-0.2, -0.15) is 11.3 Å². The maximum atomic E-state index is 13.7. The summed E-state index contributed by atoms with van der Waals surface area (Å²) in [6.45, 7) is 8.07. The van der Waals surface area contributed by atoms with Crippen molar-refractivity contribution in [2.24, 2.45) is 0 Å². The lowest BCUT2D eigenvalue weighted by molar-refractivity contribution is -0.128. The molecule has 1 unspecified atom stereocenters. The van der Waals surface area contributed by atoms with E-state index in [1.807, 2.05) is 74.9 Å². The first kappa shape index (κ1) is 19.4. The van der Waals surface area contributed by atoms with Crippen LogP contribution in [-0.4, -0.2) is 18.4 Å². The smallest absolute Gasteiger partial charge is 0.255 e. The lowest BCUT2D eigenvalue weighted by atomic mass is 9.99. The number of aryl methyl sites for hydroxylation is 3. The van der Waals surface area contributed by atoms with Gasteiger partial charge in [0.2, 0.25) is 5.91 Å². The van der Waals surface area contributed by atoms with E-state index in [-0.39, 0.29) is 18.4 Å². The first-order valence-corrected chi connectivity index (χ1v) is 10.6. The third-order valence-electron chi connectivity index (χ3n) is 5.66. The molecule has 0 saturated carbocycles. The van der Waals surface area contributed by atoms with E-state index in [1.54, 1.807) is 9.80 Å². The molecule has 4 nitrogen and oxygen atoms in total. The lowest BCUT2D eigenvalue weighted by Crippen LogP contribution is -2.56. The minimum absolute atomic E-state index is 0.0388. The van der Waals surface area contributed by atoms with Crippen LogP contribution in [0.5, 0.6) is 0 Å². The predicted octanol–water partition coefficient (Wildman–Crippen LogP) is 5.10. The van der Waals surface area contributed by atoms with Gasteiger partial charge in [-0.3, -0.25) is 14.5 Å². The number of thiophene rings is 1. The van der Waals surface area contributed by atoms with E-state index >= 15 is 0 Å². The first-order valence-electron chi connectivity index (χ1n) is 9.67. The largest absolute Gasteiger partial charge is 0.301 e. The second-order valence-electron chi connectivity index (χ2n) is 7.66. The zero-order valence-corrected chi connectivity index (χ0v) is 17.9. The molecule has 3 aromatic rings. The van der Waals surface area contributed by atoms with Crippen LogP contribution in [0.3, 0.4) is 0 Å². The van der Waals surface area contributed by atoms with Gasteiger partial charge in [-0.1, -0.05) is 29.8 Å². The topological polar surface area (TPSA) is 40.6 Å². The Morgan fingerprint density at radius 3 is 2.41 bits per heavy atom. The van der Waals surface area contributed by atoms with Crippen molar-refractivity contribution >= 4 is 34.5 Å². The quantitative estimate of drug-likeness (QED) is 0.609. The number of benzene rings is 2. The predicted molar refractivity (Wildman–Crippen MR) is 119 cm³/mol. The number of carbonyl (C=O) groups is 2. The average molecular weight is 405 g/mol. The molecule has 0 N–H and O–H groups in total. The standard InChI is InChI=1S/C24H24N2O2S/c1-15-8-9-20(17(3)12-15)26-22(27)13-25(21-7-5-6-16(2)18(21)4)24(28)23(26)19-10-11-29-14-19/h5-12,14,23H,13H2,1-4H3. The summed E-state index contributed by atoms with van der Waals surface area (Å²) in [4.78, 5) is 30.5. The Morgan fingerprint density at radius 1 is 0.931 bits per heavy atom. The van der Waals surface area contributed by atoms with Crippen LogP contribution in [0.4, 0.5) is 11.4 Å².